The van der Waals surface area contributed by atoms with Crippen LogP contribution >= 0.6 is 23.7 Å². The molecule has 0 bridgehead atoms. The smallest absolute Gasteiger partial charge is 0.0935 e. The van der Waals surface area contributed by atoms with Crippen LogP contribution < -0.4 is 4.90 Å². The Labute approximate surface area is 190 Å². The van der Waals surface area contributed by atoms with E-state index in [0.717, 1.165) is 25.9 Å². The van der Waals surface area contributed by atoms with Crippen LogP contribution in [0.3, 0.4) is 0 Å². The Morgan fingerprint density at radius 2 is 1.60 bits per heavy atom. The van der Waals surface area contributed by atoms with Crippen LogP contribution in [-0.4, -0.2) is 42.6 Å². The van der Waals surface area contributed by atoms with Crippen LogP contribution in [0, 0.1) is 0 Å². The zero-order valence-corrected chi connectivity index (χ0v) is 19.1. The van der Waals surface area contributed by atoms with Crippen molar-refractivity contribution in [2.24, 2.45) is 0 Å². The first-order valence-corrected chi connectivity index (χ1v) is 11.8. The van der Waals surface area contributed by atoms with Crippen LogP contribution in [0.2, 0.25) is 0 Å². The first kappa shape index (κ1) is 21.4. The Bertz CT molecular complexity index is 948. The normalized spacial score (nSPS) is 15.9. The molecule has 1 saturated heterocycles. The average molecular weight is 440 g/mol. The molecule has 0 atom stereocenters. The van der Waals surface area contributed by atoms with Gasteiger partial charge in [0.25, 0.3) is 0 Å². The van der Waals surface area contributed by atoms with Crippen molar-refractivity contribution in [3.05, 3.63) is 70.0 Å². The summed E-state index contributed by atoms with van der Waals surface area (Å²) < 4.78 is 0. The first-order chi connectivity index (χ1) is 14.4. The van der Waals surface area contributed by atoms with E-state index in [9.17, 15) is 0 Å². The third kappa shape index (κ3) is 4.72. The topological polar surface area (TPSA) is 19.4 Å². The fraction of sp³-hybridized carbons (Fsp3) is 0.400. The number of nitrogens with zero attached hydrogens (tertiary/aromatic N) is 3. The van der Waals surface area contributed by atoms with Gasteiger partial charge in [0.05, 0.1) is 10.7 Å². The first-order valence-electron chi connectivity index (χ1n) is 11.0. The summed E-state index contributed by atoms with van der Waals surface area (Å²) >= 11 is 1.95. The van der Waals surface area contributed by atoms with Crippen LogP contribution in [0.4, 0.5) is 5.69 Å². The summed E-state index contributed by atoms with van der Waals surface area (Å²) in [4.78, 5) is 11.7. The highest BCUT2D eigenvalue weighted by molar-refractivity contribution is 7.12. The summed E-state index contributed by atoms with van der Waals surface area (Å²) in [5, 5.41) is 1.33. The minimum Gasteiger partial charge on any atom is -0.369 e. The largest absolute Gasteiger partial charge is 0.369 e. The highest BCUT2D eigenvalue weighted by atomic mass is 35.5. The fourth-order valence-electron chi connectivity index (χ4n) is 4.58. The van der Waals surface area contributed by atoms with E-state index in [1.165, 1.54) is 71.3 Å². The van der Waals surface area contributed by atoms with Crippen molar-refractivity contribution in [3.8, 4) is 11.3 Å². The van der Waals surface area contributed by atoms with E-state index in [4.69, 9.17) is 4.98 Å². The van der Waals surface area contributed by atoms with Gasteiger partial charge in [0.2, 0.25) is 0 Å². The van der Waals surface area contributed by atoms with Gasteiger partial charge in [0.15, 0.2) is 0 Å². The summed E-state index contributed by atoms with van der Waals surface area (Å²) in [6.07, 6.45) is 5.97. The Kier molecular flexibility index (Phi) is 7.08. The molecule has 0 spiro atoms. The van der Waals surface area contributed by atoms with E-state index in [2.05, 4.69) is 64.4 Å². The lowest BCUT2D eigenvalue weighted by atomic mass is 9.94. The number of benzene rings is 2. The van der Waals surface area contributed by atoms with E-state index >= 15 is 0 Å². The molecule has 2 aliphatic rings. The molecule has 0 unspecified atom stereocenters. The number of para-hydroxylation sites is 1. The molecule has 158 valence electrons. The Balaban J connectivity index is 0.00000218. The van der Waals surface area contributed by atoms with Crippen LogP contribution in [0.5, 0.6) is 0 Å². The molecule has 3 nitrogen and oxygen atoms in total. The number of aromatic nitrogens is 1. The number of piperazine rings is 1. The molecule has 0 radical (unpaired) electrons. The lowest BCUT2D eigenvalue weighted by Crippen LogP contribution is -2.46. The van der Waals surface area contributed by atoms with Crippen molar-refractivity contribution in [2.45, 2.75) is 32.1 Å². The second-order valence-corrected chi connectivity index (χ2v) is 9.33. The van der Waals surface area contributed by atoms with Crippen LogP contribution in [0.15, 0.2) is 54.6 Å². The van der Waals surface area contributed by atoms with Gasteiger partial charge in [-0.1, -0.05) is 42.5 Å². The SMILES string of the molecule is Cl.c1ccc(N2CCN(CCCCc3nc4c(s3)CCc3ccccc3-4)CC2)cc1. The number of halogens is 1. The summed E-state index contributed by atoms with van der Waals surface area (Å²) in [5.74, 6) is 0. The second kappa shape index (κ2) is 9.95. The number of rotatable bonds is 6. The van der Waals surface area contributed by atoms with Crippen molar-refractivity contribution in [1.29, 1.82) is 0 Å². The minimum absolute atomic E-state index is 0. The van der Waals surface area contributed by atoms with E-state index in [0.29, 0.717) is 0 Å². The number of aryl methyl sites for hydroxylation is 3. The zero-order valence-electron chi connectivity index (χ0n) is 17.4. The Morgan fingerprint density at radius 3 is 2.43 bits per heavy atom. The number of thiazole rings is 1. The van der Waals surface area contributed by atoms with Crippen molar-refractivity contribution in [3.63, 3.8) is 0 Å². The standard InChI is InChI=1S/C25H29N3S.ClH/c1-2-9-21(10-3-1)28-18-16-27(17-19-28)15-7-6-12-24-26-25-22-11-5-4-8-20(22)13-14-23(25)29-24;/h1-5,8-11H,6-7,12-19H2;1H. The van der Waals surface area contributed by atoms with Gasteiger partial charge in [-0.05, 0) is 56.3 Å². The molecule has 5 rings (SSSR count). The number of fused-ring (bicyclic) bond motifs is 3. The summed E-state index contributed by atoms with van der Waals surface area (Å²) in [6, 6.07) is 19.6. The maximum absolute atomic E-state index is 5.02. The molecule has 0 saturated carbocycles. The predicted molar refractivity (Wildman–Crippen MR) is 130 cm³/mol. The van der Waals surface area contributed by atoms with Gasteiger partial charge in [0, 0.05) is 42.3 Å². The van der Waals surface area contributed by atoms with E-state index in [1.807, 2.05) is 11.3 Å². The monoisotopic (exact) mass is 439 g/mol. The van der Waals surface area contributed by atoms with Crippen molar-refractivity contribution >= 4 is 29.4 Å². The zero-order chi connectivity index (χ0) is 19.5. The van der Waals surface area contributed by atoms with Crippen LogP contribution in [-0.2, 0) is 19.3 Å². The molecule has 0 N–H and O–H groups in total. The molecule has 2 aromatic carbocycles. The van der Waals surface area contributed by atoms with Gasteiger partial charge in [-0.2, -0.15) is 0 Å². The molecular formula is C25H30ClN3S. The van der Waals surface area contributed by atoms with E-state index < -0.39 is 0 Å². The predicted octanol–water partition coefficient (Wildman–Crippen LogP) is 5.48. The number of unbranched alkanes of at least 4 members (excludes halogenated alkanes) is 1. The van der Waals surface area contributed by atoms with E-state index in [-0.39, 0.29) is 12.4 Å². The molecule has 1 aromatic heterocycles. The maximum atomic E-state index is 5.02. The lowest BCUT2D eigenvalue weighted by Gasteiger charge is -2.36. The Hall–Kier alpha value is -1.88. The minimum atomic E-state index is 0. The number of hydrogen-bond donors (Lipinski definition) is 0. The molecule has 1 aliphatic carbocycles. The lowest BCUT2D eigenvalue weighted by molar-refractivity contribution is 0.253. The van der Waals surface area contributed by atoms with Gasteiger partial charge >= 0.3 is 0 Å². The average Bonchev–Trinajstić information content (AvgIpc) is 3.21. The summed E-state index contributed by atoms with van der Waals surface area (Å²) in [7, 11) is 0. The third-order valence-corrected chi connectivity index (χ3v) is 7.42. The Morgan fingerprint density at radius 1 is 0.833 bits per heavy atom. The van der Waals surface area contributed by atoms with Gasteiger partial charge in [-0.15, -0.1) is 23.7 Å². The van der Waals surface area contributed by atoms with Crippen LogP contribution in [0.1, 0.15) is 28.3 Å². The van der Waals surface area contributed by atoms with Gasteiger partial charge in [-0.3, -0.25) is 4.90 Å². The maximum Gasteiger partial charge on any atom is 0.0935 e. The fourth-order valence-corrected chi connectivity index (χ4v) is 5.71. The summed E-state index contributed by atoms with van der Waals surface area (Å²) in [6.45, 7) is 5.86. The van der Waals surface area contributed by atoms with Gasteiger partial charge < -0.3 is 4.90 Å². The molecule has 3 aromatic rings. The molecular weight excluding hydrogens is 410 g/mol. The quantitative estimate of drug-likeness (QED) is 0.474. The third-order valence-electron chi connectivity index (χ3n) is 6.24. The molecule has 30 heavy (non-hydrogen) atoms. The molecule has 2 heterocycles. The highest BCUT2D eigenvalue weighted by Crippen LogP contribution is 2.36. The van der Waals surface area contributed by atoms with Gasteiger partial charge in [-0.25, -0.2) is 4.98 Å². The van der Waals surface area contributed by atoms with Crippen LogP contribution in [0.25, 0.3) is 11.3 Å². The summed E-state index contributed by atoms with van der Waals surface area (Å²) in [5.41, 5.74) is 5.46. The number of hydrogen-bond acceptors (Lipinski definition) is 4. The highest BCUT2D eigenvalue weighted by Gasteiger charge is 2.20. The van der Waals surface area contributed by atoms with Crippen molar-refractivity contribution in [2.75, 3.05) is 37.6 Å². The molecule has 1 fully saturated rings. The second-order valence-electron chi connectivity index (χ2n) is 8.16. The van der Waals surface area contributed by atoms with Gasteiger partial charge in [0.1, 0.15) is 0 Å². The molecule has 1 aliphatic heterocycles. The number of anilines is 1. The van der Waals surface area contributed by atoms with Crippen molar-refractivity contribution < 1.29 is 0 Å². The van der Waals surface area contributed by atoms with Crippen molar-refractivity contribution in [1.82, 2.24) is 9.88 Å². The van der Waals surface area contributed by atoms with E-state index in [1.54, 1.807) is 0 Å². The molecule has 5 heteroatoms. The molecule has 0 amide bonds.